The standard InChI is InChI=1S/C24H23F3N2/c1-15-8-9-21-19(12-15)23-20-7-3-6-18(28-20)14-22(23)29(21)11-10-16-4-2-5-17(13-16)24(25,26)27/h2,4-5,8-13,18,20,28H,3,6-7,14H2,1H3/t18-,20+/m0/s1. The lowest BCUT2D eigenvalue weighted by Gasteiger charge is -2.36. The first-order valence-electron chi connectivity index (χ1n) is 10.1. The van der Waals surface area contributed by atoms with Gasteiger partial charge in [0.15, 0.2) is 0 Å². The summed E-state index contributed by atoms with van der Waals surface area (Å²) in [6, 6.07) is 12.8. The van der Waals surface area contributed by atoms with E-state index in [0.717, 1.165) is 24.4 Å². The number of aromatic nitrogens is 1. The van der Waals surface area contributed by atoms with Gasteiger partial charge in [-0.15, -0.1) is 0 Å². The van der Waals surface area contributed by atoms with Gasteiger partial charge in [0.1, 0.15) is 0 Å². The summed E-state index contributed by atoms with van der Waals surface area (Å²) in [7, 11) is 0. The lowest BCUT2D eigenvalue weighted by molar-refractivity contribution is -0.137. The van der Waals surface area contributed by atoms with Crippen LogP contribution < -0.4 is 5.32 Å². The number of hydrogen-bond acceptors (Lipinski definition) is 1. The van der Waals surface area contributed by atoms with Gasteiger partial charge >= 0.3 is 6.18 Å². The Balaban J connectivity index is 1.63. The number of hydrogen-bond donors (Lipinski definition) is 1. The van der Waals surface area contributed by atoms with Gasteiger partial charge in [-0.05, 0) is 67.7 Å². The molecule has 2 aliphatic heterocycles. The lowest BCUT2D eigenvalue weighted by Crippen LogP contribution is -2.42. The molecule has 0 radical (unpaired) electrons. The van der Waals surface area contributed by atoms with E-state index in [2.05, 4.69) is 35.0 Å². The molecule has 1 saturated heterocycles. The molecule has 5 heteroatoms. The van der Waals surface area contributed by atoms with Crippen LogP contribution in [0.3, 0.4) is 0 Å². The second kappa shape index (κ2) is 6.77. The molecule has 3 heterocycles. The number of rotatable bonds is 2. The Morgan fingerprint density at radius 1 is 1.10 bits per heavy atom. The molecule has 1 aromatic heterocycles. The molecule has 2 aliphatic rings. The molecule has 2 aromatic carbocycles. The smallest absolute Gasteiger partial charge is 0.320 e. The molecule has 1 N–H and O–H groups in total. The van der Waals surface area contributed by atoms with Crippen LogP contribution in [0.2, 0.25) is 0 Å². The normalized spacial score (nSPS) is 21.7. The average molecular weight is 396 g/mol. The van der Waals surface area contributed by atoms with Crippen molar-refractivity contribution in [1.82, 2.24) is 9.88 Å². The van der Waals surface area contributed by atoms with Gasteiger partial charge in [-0.3, -0.25) is 0 Å². The molecule has 2 atom stereocenters. The van der Waals surface area contributed by atoms with E-state index in [1.165, 1.54) is 47.2 Å². The van der Waals surface area contributed by atoms with E-state index in [1.807, 2.05) is 6.20 Å². The highest BCUT2D eigenvalue weighted by atomic mass is 19.4. The average Bonchev–Trinajstić information content (AvgIpc) is 2.98. The molecule has 0 unspecified atom stereocenters. The van der Waals surface area contributed by atoms with Gasteiger partial charge in [0, 0.05) is 35.8 Å². The van der Waals surface area contributed by atoms with E-state index >= 15 is 0 Å². The van der Waals surface area contributed by atoms with Gasteiger partial charge < -0.3 is 9.88 Å². The number of halogens is 3. The SMILES string of the molecule is Cc1ccc2c(c1)c1c(n2C=Cc2cccc(C(F)(F)F)c2)C[C@@H]2CCC[C@H]1N2. The molecule has 0 amide bonds. The Morgan fingerprint density at radius 2 is 1.97 bits per heavy atom. The molecular formula is C24H23F3N2. The van der Waals surface area contributed by atoms with Crippen molar-refractivity contribution in [2.45, 2.75) is 50.9 Å². The third-order valence-corrected chi connectivity index (χ3v) is 6.20. The summed E-state index contributed by atoms with van der Waals surface area (Å²) in [5.41, 5.74) is 4.94. The van der Waals surface area contributed by atoms with Gasteiger partial charge in [0.2, 0.25) is 0 Å². The van der Waals surface area contributed by atoms with E-state index in [4.69, 9.17) is 0 Å². The highest BCUT2D eigenvalue weighted by molar-refractivity contribution is 5.90. The number of fused-ring (bicyclic) bond motifs is 6. The van der Waals surface area contributed by atoms with E-state index in [1.54, 1.807) is 12.1 Å². The summed E-state index contributed by atoms with van der Waals surface area (Å²) in [5.74, 6) is 0. The fourth-order valence-electron chi connectivity index (χ4n) is 4.89. The van der Waals surface area contributed by atoms with Crippen molar-refractivity contribution >= 4 is 23.2 Å². The predicted octanol–water partition coefficient (Wildman–Crippen LogP) is 6.34. The van der Waals surface area contributed by atoms with Crippen LogP contribution in [0.25, 0.3) is 23.2 Å². The summed E-state index contributed by atoms with van der Waals surface area (Å²) in [6.45, 7) is 2.10. The molecule has 2 bridgehead atoms. The highest BCUT2D eigenvalue weighted by Crippen LogP contribution is 2.41. The molecule has 0 saturated carbocycles. The first-order chi connectivity index (χ1) is 13.9. The summed E-state index contributed by atoms with van der Waals surface area (Å²) in [4.78, 5) is 0. The summed E-state index contributed by atoms with van der Waals surface area (Å²) < 4.78 is 41.3. The van der Waals surface area contributed by atoms with Crippen molar-refractivity contribution in [3.8, 4) is 0 Å². The Morgan fingerprint density at radius 3 is 2.79 bits per heavy atom. The minimum atomic E-state index is -4.33. The van der Waals surface area contributed by atoms with Gasteiger partial charge in [0.05, 0.1) is 11.1 Å². The summed E-state index contributed by atoms with van der Waals surface area (Å²) in [6.07, 6.45) is 3.89. The number of alkyl halides is 3. The Labute approximate surface area is 168 Å². The van der Waals surface area contributed by atoms with Crippen LogP contribution in [0.1, 0.15) is 53.3 Å². The van der Waals surface area contributed by atoms with E-state index in [9.17, 15) is 13.2 Å². The zero-order chi connectivity index (χ0) is 20.2. The third-order valence-electron chi connectivity index (χ3n) is 6.20. The van der Waals surface area contributed by atoms with E-state index in [-0.39, 0.29) is 0 Å². The molecule has 5 rings (SSSR count). The fraction of sp³-hybridized carbons (Fsp3) is 0.333. The van der Waals surface area contributed by atoms with Crippen LogP contribution in [-0.2, 0) is 12.6 Å². The van der Waals surface area contributed by atoms with Gasteiger partial charge in [-0.2, -0.15) is 13.2 Å². The Bertz CT molecular complexity index is 1110. The van der Waals surface area contributed by atoms with Crippen molar-refractivity contribution in [3.05, 3.63) is 70.4 Å². The fourth-order valence-corrected chi connectivity index (χ4v) is 4.89. The van der Waals surface area contributed by atoms with Gasteiger partial charge in [-0.25, -0.2) is 0 Å². The summed E-state index contributed by atoms with van der Waals surface area (Å²) >= 11 is 0. The topological polar surface area (TPSA) is 17.0 Å². The zero-order valence-electron chi connectivity index (χ0n) is 16.3. The van der Waals surface area contributed by atoms with Crippen LogP contribution in [0.15, 0.2) is 42.5 Å². The Hall–Kier alpha value is -2.53. The molecule has 29 heavy (non-hydrogen) atoms. The minimum absolute atomic E-state index is 0.366. The van der Waals surface area contributed by atoms with Gasteiger partial charge in [-0.1, -0.05) is 23.8 Å². The quantitative estimate of drug-likeness (QED) is 0.535. The van der Waals surface area contributed by atoms with Crippen molar-refractivity contribution in [1.29, 1.82) is 0 Å². The van der Waals surface area contributed by atoms with E-state index < -0.39 is 11.7 Å². The number of nitrogens with zero attached hydrogens (tertiary/aromatic N) is 1. The largest absolute Gasteiger partial charge is 0.416 e. The third kappa shape index (κ3) is 3.27. The van der Waals surface area contributed by atoms with Crippen LogP contribution in [-0.4, -0.2) is 10.6 Å². The number of piperidine rings is 1. The second-order valence-corrected chi connectivity index (χ2v) is 8.24. The second-order valence-electron chi connectivity index (χ2n) is 8.24. The first kappa shape index (κ1) is 18.5. The predicted molar refractivity (Wildman–Crippen MR) is 111 cm³/mol. The van der Waals surface area contributed by atoms with Crippen LogP contribution in [0, 0.1) is 6.92 Å². The van der Waals surface area contributed by atoms with Crippen molar-refractivity contribution in [2.24, 2.45) is 0 Å². The van der Waals surface area contributed by atoms with Crippen LogP contribution >= 0.6 is 0 Å². The number of aryl methyl sites for hydroxylation is 1. The van der Waals surface area contributed by atoms with Crippen molar-refractivity contribution < 1.29 is 13.2 Å². The lowest BCUT2D eigenvalue weighted by atomic mass is 9.84. The first-order valence-corrected chi connectivity index (χ1v) is 10.1. The minimum Gasteiger partial charge on any atom is -0.320 e. The van der Waals surface area contributed by atoms with Crippen molar-refractivity contribution in [3.63, 3.8) is 0 Å². The molecule has 2 nitrogen and oxygen atoms in total. The Kier molecular flexibility index (Phi) is 4.32. The number of nitrogens with one attached hydrogen (secondary N) is 1. The summed E-state index contributed by atoms with van der Waals surface area (Å²) in [5, 5.41) is 5.03. The van der Waals surface area contributed by atoms with Crippen LogP contribution in [0.5, 0.6) is 0 Å². The molecule has 150 valence electrons. The highest BCUT2D eigenvalue weighted by Gasteiger charge is 2.34. The monoisotopic (exact) mass is 396 g/mol. The zero-order valence-corrected chi connectivity index (χ0v) is 16.3. The van der Waals surface area contributed by atoms with Crippen molar-refractivity contribution in [2.75, 3.05) is 0 Å². The number of benzene rings is 2. The molecule has 3 aromatic rings. The maximum Gasteiger partial charge on any atom is 0.416 e. The molecular weight excluding hydrogens is 373 g/mol. The maximum absolute atomic E-state index is 13.0. The molecule has 0 spiro atoms. The molecule has 1 fully saturated rings. The van der Waals surface area contributed by atoms with E-state index in [0.29, 0.717) is 17.6 Å². The van der Waals surface area contributed by atoms with Gasteiger partial charge in [0.25, 0.3) is 0 Å². The van der Waals surface area contributed by atoms with Crippen LogP contribution in [0.4, 0.5) is 13.2 Å². The molecule has 0 aliphatic carbocycles. The maximum atomic E-state index is 13.0.